The van der Waals surface area contributed by atoms with Crippen LogP contribution in [0.2, 0.25) is 0 Å². The van der Waals surface area contributed by atoms with E-state index in [1.165, 1.54) is 0 Å². The summed E-state index contributed by atoms with van der Waals surface area (Å²) >= 11 is 0. The van der Waals surface area contributed by atoms with Crippen LogP contribution >= 0.6 is 0 Å². The van der Waals surface area contributed by atoms with Gasteiger partial charge in [0.2, 0.25) is 0 Å². The van der Waals surface area contributed by atoms with Gasteiger partial charge in [0.1, 0.15) is 0 Å². The maximum atomic E-state index is 12.2. The van der Waals surface area contributed by atoms with E-state index in [2.05, 4.69) is 4.72 Å². The Hall–Kier alpha value is -0.170. The van der Waals surface area contributed by atoms with Crippen molar-refractivity contribution in [2.75, 3.05) is 19.6 Å². The third kappa shape index (κ3) is 4.91. The summed E-state index contributed by atoms with van der Waals surface area (Å²) in [5, 5.41) is 0. The van der Waals surface area contributed by atoms with Crippen molar-refractivity contribution in [1.29, 1.82) is 0 Å². The molecule has 0 bridgehead atoms. The molecule has 0 aromatic carbocycles. The number of rotatable bonds is 6. The summed E-state index contributed by atoms with van der Waals surface area (Å²) in [7, 11) is -3.31. The van der Waals surface area contributed by atoms with Gasteiger partial charge in [0.25, 0.3) is 10.2 Å². The largest absolute Gasteiger partial charge is 0.330 e. The zero-order valence-electron chi connectivity index (χ0n) is 10.7. The third-order valence-electron chi connectivity index (χ3n) is 3.23. The van der Waals surface area contributed by atoms with E-state index in [4.69, 9.17) is 5.73 Å². The van der Waals surface area contributed by atoms with Gasteiger partial charge in [-0.1, -0.05) is 19.8 Å². The van der Waals surface area contributed by atoms with Gasteiger partial charge < -0.3 is 5.73 Å². The molecule has 17 heavy (non-hydrogen) atoms. The monoisotopic (exact) mass is 263 g/mol. The van der Waals surface area contributed by atoms with Gasteiger partial charge in [0.15, 0.2) is 0 Å². The summed E-state index contributed by atoms with van der Waals surface area (Å²) in [4.78, 5) is 0. The van der Waals surface area contributed by atoms with Crippen LogP contribution in [0.4, 0.5) is 0 Å². The van der Waals surface area contributed by atoms with Crippen molar-refractivity contribution in [3.05, 3.63) is 0 Å². The van der Waals surface area contributed by atoms with Crippen molar-refractivity contribution >= 4 is 10.2 Å². The molecule has 5 nitrogen and oxygen atoms in total. The van der Waals surface area contributed by atoms with Crippen molar-refractivity contribution in [2.45, 2.75) is 51.5 Å². The number of hydrogen-bond donors (Lipinski definition) is 2. The molecule has 0 aromatic rings. The van der Waals surface area contributed by atoms with Crippen LogP contribution in [0.1, 0.15) is 45.4 Å². The van der Waals surface area contributed by atoms with Gasteiger partial charge in [0, 0.05) is 19.1 Å². The minimum Gasteiger partial charge on any atom is -0.330 e. The number of nitrogens with zero attached hydrogens (tertiary/aromatic N) is 1. The second-order valence-corrected chi connectivity index (χ2v) is 6.32. The Morgan fingerprint density at radius 3 is 2.29 bits per heavy atom. The molecule has 3 N–H and O–H groups in total. The predicted molar refractivity (Wildman–Crippen MR) is 69.8 cm³/mol. The van der Waals surface area contributed by atoms with Crippen molar-refractivity contribution < 1.29 is 8.42 Å². The Balaban J connectivity index is 2.58. The minimum atomic E-state index is -3.31. The van der Waals surface area contributed by atoms with Crippen LogP contribution in [0.3, 0.4) is 0 Å². The first-order valence-electron chi connectivity index (χ1n) is 6.57. The van der Waals surface area contributed by atoms with E-state index in [1.807, 2.05) is 6.92 Å². The molecule has 1 atom stereocenters. The van der Waals surface area contributed by atoms with Crippen LogP contribution in [0.5, 0.6) is 0 Å². The highest BCUT2D eigenvalue weighted by Crippen LogP contribution is 2.13. The molecule has 0 spiro atoms. The van der Waals surface area contributed by atoms with Crippen molar-refractivity contribution in [1.82, 2.24) is 9.03 Å². The average molecular weight is 263 g/mol. The molecule has 0 radical (unpaired) electrons. The van der Waals surface area contributed by atoms with Crippen LogP contribution < -0.4 is 10.5 Å². The SMILES string of the molecule is CCC(CCN)NS(=O)(=O)N1CCCCCC1. The van der Waals surface area contributed by atoms with Gasteiger partial charge in [-0.05, 0) is 32.2 Å². The first kappa shape index (κ1) is 14.9. The summed E-state index contributed by atoms with van der Waals surface area (Å²) < 4.78 is 28.7. The molecule has 1 heterocycles. The second kappa shape index (κ2) is 7.31. The Bertz CT molecular complexity index is 298. The Morgan fingerprint density at radius 2 is 1.82 bits per heavy atom. The van der Waals surface area contributed by atoms with Crippen LogP contribution in [0.25, 0.3) is 0 Å². The Labute approximate surface area is 105 Å². The maximum Gasteiger partial charge on any atom is 0.279 e. The molecule has 0 saturated carbocycles. The normalized spacial score (nSPS) is 21.1. The van der Waals surface area contributed by atoms with Crippen LogP contribution in [-0.2, 0) is 10.2 Å². The lowest BCUT2D eigenvalue weighted by Crippen LogP contribution is -2.46. The summed E-state index contributed by atoms with van der Waals surface area (Å²) in [6.07, 6.45) is 5.68. The quantitative estimate of drug-likeness (QED) is 0.745. The Kier molecular flexibility index (Phi) is 6.40. The summed E-state index contributed by atoms with van der Waals surface area (Å²) in [6.45, 7) is 3.79. The molecule has 1 fully saturated rings. The van der Waals surface area contributed by atoms with E-state index in [-0.39, 0.29) is 6.04 Å². The summed E-state index contributed by atoms with van der Waals surface area (Å²) in [5.74, 6) is 0. The smallest absolute Gasteiger partial charge is 0.279 e. The van der Waals surface area contributed by atoms with Crippen LogP contribution in [-0.4, -0.2) is 38.4 Å². The van der Waals surface area contributed by atoms with E-state index in [9.17, 15) is 8.42 Å². The van der Waals surface area contributed by atoms with E-state index < -0.39 is 10.2 Å². The molecule has 0 aliphatic carbocycles. The number of nitrogens with one attached hydrogen (secondary N) is 1. The fourth-order valence-electron chi connectivity index (χ4n) is 2.11. The van der Waals surface area contributed by atoms with Crippen LogP contribution in [0, 0.1) is 0 Å². The van der Waals surface area contributed by atoms with Crippen molar-refractivity contribution in [3.8, 4) is 0 Å². The highest BCUT2D eigenvalue weighted by molar-refractivity contribution is 7.87. The number of hydrogen-bond acceptors (Lipinski definition) is 3. The molecular weight excluding hydrogens is 238 g/mol. The zero-order valence-corrected chi connectivity index (χ0v) is 11.5. The lowest BCUT2D eigenvalue weighted by molar-refractivity contribution is 0.402. The van der Waals surface area contributed by atoms with Crippen LogP contribution in [0.15, 0.2) is 0 Å². The first-order chi connectivity index (χ1) is 8.10. The van der Waals surface area contributed by atoms with E-state index in [0.717, 1.165) is 32.1 Å². The average Bonchev–Trinajstić information content (AvgIpc) is 2.57. The van der Waals surface area contributed by atoms with Crippen molar-refractivity contribution in [2.24, 2.45) is 5.73 Å². The molecule has 1 aliphatic rings. The zero-order chi connectivity index (χ0) is 12.7. The Morgan fingerprint density at radius 1 is 1.24 bits per heavy atom. The van der Waals surface area contributed by atoms with Gasteiger partial charge in [-0.2, -0.15) is 17.4 Å². The highest BCUT2D eigenvalue weighted by atomic mass is 32.2. The molecule has 1 rings (SSSR count). The fraction of sp³-hybridized carbons (Fsp3) is 1.00. The molecule has 1 aliphatic heterocycles. The summed E-state index contributed by atoms with van der Waals surface area (Å²) in [6, 6.07) is -0.0340. The lowest BCUT2D eigenvalue weighted by Gasteiger charge is -2.24. The van der Waals surface area contributed by atoms with Gasteiger partial charge in [-0.15, -0.1) is 0 Å². The molecule has 0 aromatic heterocycles. The molecular formula is C11H25N3O2S. The standard InChI is InChI=1S/C11H25N3O2S/c1-2-11(7-8-12)13-17(15,16)14-9-5-3-4-6-10-14/h11,13H,2-10,12H2,1H3. The fourth-order valence-corrected chi connectivity index (χ4v) is 3.71. The third-order valence-corrected chi connectivity index (χ3v) is 4.90. The lowest BCUT2D eigenvalue weighted by atomic mass is 10.2. The molecule has 1 saturated heterocycles. The number of nitrogens with two attached hydrogens (primary N) is 1. The predicted octanol–water partition coefficient (Wildman–Crippen LogP) is 0.824. The molecule has 6 heteroatoms. The van der Waals surface area contributed by atoms with Gasteiger partial charge in [-0.3, -0.25) is 0 Å². The van der Waals surface area contributed by atoms with E-state index in [1.54, 1.807) is 4.31 Å². The molecule has 0 amide bonds. The summed E-state index contributed by atoms with van der Waals surface area (Å²) in [5.41, 5.74) is 5.48. The molecule has 102 valence electrons. The van der Waals surface area contributed by atoms with Gasteiger partial charge in [0.05, 0.1) is 0 Å². The van der Waals surface area contributed by atoms with Gasteiger partial charge in [-0.25, -0.2) is 0 Å². The maximum absolute atomic E-state index is 12.2. The van der Waals surface area contributed by atoms with Crippen molar-refractivity contribution in [3.63, 3.8) is 0 Å². The second-order valence-electron chi connectivity index (χ2n) is 4.62. The first-order valence-corrected chi connectivity index (χ1v) is 8.01. The van der Waals surface area contributed by atoms with Gasteiger partial charge >= 0.3 is 0 Å². The highest BCUT2D eigenvalue weighted by Gasteiger charge is 2.24. The molecule has 1 unspecified atom stereocenters. The van der Waals surface area contributed by atoms with E-state index in [0.29, 0.717) is 26.1 Å². The van der Waals surface area contributed by atoms with E-state index >= 15 is 0 Å². The minimum absolute atomic E-state index is 0.0340. The topological polar surface area (TPSA) is 75.4 Å².